The molecular weight excluding hydrogens is 330 g/mol. The highest BCUT2D eigenvalue weighted by molar-refractivity contribution is 7.93. The Morgan fingerprint density at radius 1 is 1.33 bits per heavy atom. The number of aromatic nitrogens is 1. The molecule has 8 heteroatoms. The van der Waals surface area contributed by atoms with Gasteiger partial charge >= 0.3 is 0 Å². The molecule has 0 saturated heterocycles. The molecule has 1 heterocycles. The molecule has 2 rings (SSSR count). The van der Waals surface area contributed by atoms with Gasteiger partial charge in [-0.25, -0.2) is 13.4 Å². The summed E-state index contributed by atoms with van der Waals surface area (Å²) < 4.78 is 27.1. The Morgan fingerprint density at radius 2 is 2.00 bits per heavy atom. The number of halogens is 1. The van der Waals surface area contributed by atoms with Crippen LogP contribution in [0.5, 0.6) is 0 Å². The van der Waals surface area contributed by atoms with Crippen molar-refractivity contribution >= 4 is 43.8 Å². The molecule has 0 bridgehead atoms. The standard InChI is InChI=1S/C13H16ClN3O2S2/c1-13(2,3)11-7-20-12(16-11)17-21(18,19)10-5-4-8(15)6-9(10)14/h4-7H,15H2,1-3H3,(H,16,17). The second kappa shape index (κ2) is 5.47. The summed E-state index contributed by atoms with van der Waals surface area (Å²) in [5, 5.41) is 2.23. The fourth-order valence-corrected chi connectivity index (χ4v) is 4.31. The number of anilines is 2. The van der Waals surface area contributed by atoms with Gasteiger partial charge in [0.2, 0.25) is 0 Å². The molecule has 0 aliphatic heterocycles. The number of benzene rings is 1. The third kappa shape index (κ3) is 3.66. The van der Waals surface area contributed by atoms with Gasteiger partial charge in [-0.1, -0.05) is 32.4 Å². The summed E-state index contributed by atoms with van der Waals surface area (Å²) >= 11 is 7.18. The lowest BCUT2D eigenvalue weighted by molar-refractivity contribution is 0.573. The van der Waals surface area contributed by atoms with E-state index in [1.165, 1.54) is 29.5 Å². The van der Waals surface area contributed by atoms with Crippen LogP contribution in [-0.2, 0) is 15.4 Å². The van der Waals surface area contributed by atoms with E-state index in [2.05, 4.69) is 9.71 Å². The number of hydrogen-bond donors (Lipinski definition) is 2. The highest BCUT2D eigenvalue weighted by Crippen LogP contribution is 2.29. The zero-order valence-electron chi connectivity index (χ0n) is 11.8. The molecule has 0 radical (unpaired) electrons. The molecule has 0 atom stereocenters. The minimum atomic E-state index is -3.78. The lowest BCUT2D eigenvalue weighted by atomic mass is 9.93. The van der Waals surface area contributed by atoms with Gasteiger partial charge in [0.05, 0.1) is 10.7 Å². The summed E-state index contributed by atoms with van der Waals surface area (Å²) in [4.78, 5) is 4.28. The van der Waals surface area contributed by atoms with Crippen LogP contribution in [0.2, 0.25) is 5.02 Å². The predicted molar refractivity (Wildman–Crippen MR) is 87.5 cm³/mol. The topological polar surface area (TPSA) is 85.1 Å². The summed E-state index contributed by atoms with van der Waals surface area (Å²) in [7, 11) is -3.78. The van der Waals surface area contributed by atoms with E-state index < -0.39 is 10.0 Å². The van der Waals surface area contributed by atoms with Crippen LogP contribution in [-0.4, -0.2) is 13.4 Å². The second-order valence-electron chi connectivity index (χ2n) is 5.58. The molecule has 0 spiro atoms. The summed E-state index contributed by atoms with van der Waals surface area (Å²) in [5.41, 5.74) is 6.66. The van der Waals surface area contributed by atoms with E-state index in [9.17, 15) is 8.42 Å². The molecule has 0 fully saturated rings. The molecule has 0 saturated carbocycles. The van der Waals surface area contributed by atoms with E-state index in [0.29, 0.717) is 10.8 Å². The quantitative estimate of drug-likeness (QED) is 0.834. The number of nitrogens with one attached hydrogen (secondary N) is 1. The van der Waals surface area contributed by atoms with Crippen molar-refractivity contribution in [1.29, 1.82) is 0 Å². The first-order valence-electron chi connectivity index (χ1n) is 6.13. The number of nitrogen functional groups attached to an aromatic ring is 1. The van der Waals surface area contributed by atoms with Crippen molar-refractivity contribution < 1.29 is 8.42 Å². The number of thiazole rings is 1. The van der Waals surface area contributed by atoms with E-state index >= 15 is 0 Å². The monoisotopic (exact) mass is 345 g/mol. The van der Waals surface area contributed by atoms with Crippen LogP contribution in [0.3, 0.4) is 0 Å². The zero-order chi connectivity index (χ0) is 15.8. The predicted octanol–water partition coefficient (Wildman–Crippen LogP) is 3.48. The smallest absolute Gasteiger partial charge is 0.265 e. The average molecular weight is 346 g/mol. The molecule has 0 aliphatic carbocycles. The summed E-state index contributed by atoms with van der Waals surface area (Å²) in [6, 6.07) is 4.26. The molecule has 2 aromatic rings. The van der Waals surface area contributed by atoms with Crippen molar-refractivity contribution in [3.8, 4) is 0 Å². The Balaban J connectivity index is 2.31. The van der Waals surface area contributed by atoms with Crippen molar-refractivity contribution in [1.82, 2.24) is 4.98 Å². The number of hydrogen-bond acceptors (Lipinski definition) is 5. The lowest BCUT2D eigenvalue weighted by Crippen LogP contribution is -2.15. The van der Waals surface area contributed by atoms with Crippen molar-refractivity contribution in [3.63, 3.8) is 0 Å². The van der Waals surface area contributed by atoms with Crippen LogP contribution < -0.4 is 10.5 Å². The Labute approximate surface area is 133 Å². The van der Waals surface area contributed by atoms with Crippen molar-refractivity contribution in [2.45, 2.75) is 31.1 Å². The van der Waals surface area contributed by atoms with Crippen LogP contribution in [0, 0.1) is 0 Å². The van der Waals surface area contributed by atoms with Crippen LogP contribution in [0.25, 0.3) is 0 Å². The fourth-order valence-electron chi connectivity index (χ4n) is 1.57. The summed E-state index contributed by atoms with van der Waals surface area (Å²) in [6.07, 6.45) is 0. The summed E-state index contributed by atoms with van der Waals surface area (Å²) in [6.45, 7) is 6.03. The molecule has 0 aliphatic rings. The minimum absolute atomic E-state index is 0.0223. The molecule has 1 aromatic heterocycles. The first-order chi connectivity index (χ1) is 9.59. The molecule has 0 unspecified atom stereocenters. The van der Waals surface area contributed by atoms with Gasteiger partial charge < -0.3 is 5.73 Å². The summed E-state index contributed by atoms with van der Waals surface area (Å²) in [5.74, 6) is 0. The van der Waals surface area contributed by atoms with Gasteiger partial charge in [-0.3, -0.25) is 4.72 Å². The SMILES string of the molecule is CC(C)(C)c1csc(NS(=O)(=O)c2ccc(N)cc2Cl)n1. The van der Waals surface area contributed by atoms with Crippen molar-refractivity contribution in [2.75, 3.05) is 10.5 Å². The van der Waals surface area contributed by atoms with E-state index in [-0.39, 0.29) is 15.3 Å². The highest BCUT2D eigenvalue weighted by atomic mass is 35.5. The second-order valence-corrected chi connectivity index (χ2v) is 8.50. The third-order valence-electron chi connectivity index (χ3n) is 2.74. The zero-order valence-corrected chi connectivity index (χ0v) is 14.2. The van der Waals surface area contributed by atoms with Crippen LogP contribution in [0.4, 0.5) is 10.8 Å². The van der Waals surface area contributed by atoms with E-state index in [4.69, 9.17) is 17.3 Å². The Morgan fingerprint density at radius 3 is 2.52 bits per heavy atom. The van der Waals surface area contributed by atoms with Gasteiger partial charge in [-0.2, -0.15) is 0 Å². The van der Waals surface area contributed by atoms with Crippen molar-refractivity contribution in [2.24, 2.45) is 0 Å². The van der Waals surface area contributed by atoms with E-state index in [0.717, 1.165) is 5.69 Å². The first kappa shape index (κ1) is 16.1. The third-order valence-corrected chi connectivity index (χ3v) is 5.45. The number of rotatable bonds is 3. The maximum Gasteiger partial charge on any atom is 0.265 e. The fraction of sp³-hybridized carbons (Fsp3) is 0.308. The lowest BCUT2D eigenvalue weighted by Gasteiger charge is -2.14. The van der Waals surface area contributed by atoms with E-state index in [1.54, 1.807) is 0 Å². The largest absolute Gasteiger partial charge is 0.399 e. The Bertz CT molecular complexity index is 764. The van der Waals surface area contributed by atoms with Crippen LogP contribution in [0.15, 0.2) is 28.5 Å². The molecule has 114 valence electrons. The van der Waals surface area contributed by atoms with Crippen molar-refractivity contribution in [3.05, 3.63) is 34.3 Å². The van der Waals surface area contributed by atoms with E-state index in [1.807, 2.05) is 26.2 Å². The highest BCUT2D eigenvalue weighted by Gasteiger charge is 2.22. The van der Waals surface area contributed by atoms with Gasteiger partial charge in [0.1, 0.15) is 4.90 Å². The number of nitrogens with two attached hydrogens (primary N) is 1. The first-order valence-corrected chi connectivity index (χ1v) is 8.87. The Kier molecular flexibility index (Phi) is 4.19. The molecule has 5 nitrogen and oxygen atoms in total. The van der Waals surface area contributed by atoms with Gasteiger partial charge in [0.25, 0.3) is 10.0 Å². The average Bonchev–Trinajstić information content (AvgIpc) is 2.75. The normalized spacial score (nSPS) is 12.4. The van der Waals surface area contributed by atoms with Gasteiger partial charge in [-0.15, -0.1) is 11.3 Å². The molecule has 3 N–H and O–H groups in total. The molecule has 1 aromatic carbocycles. The van der Waals surface area contributed by atoms with Gasteiger partial charge in [0.15, 0.2) is 5.13 Å². The van der Waals surface area contributed by atoms with Crippen LogP contribution >= 0.6 is 22.9 Å². The minimum Gasteiger partial charge on any atom is -0.399 e. The number of nitrogens with zero attached hydrogens (tertiary/aromatic N) is 1. The molecule has 0 amide bonds. The van der Waals surface area contributed by atoms with Gasteiger partial charge in [-0.05, 0) is 18.2 Å². The maximum absolute atomic E-state index is 12.3. The van der Waals surface area contributed by atoms with Crippen LogP contribution in [0.1, 0.15) is 26.5 Å². The molecular formula is C13H16ClN3O2S2. The van der Waals surface area contributed by atoms with Gasteiger partial charge in [0, 0.05) is 16.5 Å². The number of sulfonamides is 1. The maximum atomic E-state index is 12.3. The Hall–Kier alpha value is -1.31. The molecule has 21 heavy (non-hydrogen) atoms.